The molecule has 0 fully saturated rings. The second-order valence-electron chi connectivity index (χ2n) is 4.20. The molecule has 0 bridgehead atoms. The number of rotatable bonds is 5. The molecule has 20 heavy (non-hydrogen) atoms. The average Bonchev–Trinajstić information content (AvgIpc) is 2.83. The molecule has 1 heterocycles. The first-order valence-electron chi connectivity index (χ1n) is 5.87. The van der Waals surface area contributed by atoms with Gasteiger partial charge in [-0.2, -0.15) is 0 Å². The predicted molar refractivity (Wildman–Crippen MR) is 67.6 cm³/mol. The quantitative estimate of drug-likeness (QED) is 0.616. The summed E-state index contributed by atoms with van der Waals surface area (Å²) < 4.78 is 1.29. The highest BCUT2D eigenvalue weighted by Gasteiger charge is 2.23. The summed E-state index contributed by atoms with van der Waals surface area (Å²) in [6.07, 6.45) is 0.519. The SMILES string of the molecule is CCC(CO)n1nnc2cc([N+](=O)[O-])cc(C(=O)O)c21. The molecule has 1 aromatic heterocycles. The molecule has 0 aliphatic carbocycles. The number of hydrogen-bond donors (Lipinski definition) is 2. The first kappa shape index (κ1) is 13.9. The van der Waals surface area contributed by atoms with E-state index in [0.29, 0.717) is 6.42 Å². The van der Waals surface area contributed by atoms with Crippen molar-refractivity contribution in [2.45, 2.75) is 19.4 Å². The molecule has 2 N–H and O–H groups in total. The molecule has 0 aliphatic heterocycles. The molecule has 0 amide bonds. The van der Waals surface area contributed by atoms with Gasteiger partial charge in [0.15, 0.2) is 0 Å². The topological polar surface area (TPSA) is 131 Å². The van der Waals surface area contributed by atoms with Gasteiger partial charge in [0.1, 0.15) is 11.0 Å². The fourth-order valence-corrected chi connectivity index (χ4v) is 1.97. The number of nitro groups is 1. The van der Waals surface area contributed by atoms with E-state index in [0.717, 1.165) is 12.1 Å². The fraction of sp³-hybridized carbons (Fsp3) is 0.364. The molecule has 106 valence electrons. The maximum Gasteiger partial charge on any atom is 0.338 e. The van der Waals surface area contributed by atoms with Crippen LogP contribution in [0.3, 0.4) is 0 Å². The van der Waals surface area contributed by atoms with Crippen LogP contribution in [0, 0.1) is 10.1 Å². The molecular weight excluding hydrogens is 268 g/mol. The summed E-state index contributed by atoms with van der Waals surface area (Å²) in [5.41, 5.74) is -0.336. The van der Waals surface area contributed by atoms with Crippen LogP contribution in [0.2, 0.25) is 0 Å². The molecule has 0 saturated carbocycles. The largest absolute Gasteiger partial charge is 0.478 e. The van der Waals surface area contributed by atoms with E-state index in [1.165, 1.54) is 4.68 Å². The Kier molecular flexibility index (Phi) is 3.61. The van der Waals surface area contributed by atoms with Crippen LogP contribution < -0.4 is 0 Å². The van der Waals surface area contributed by atoms with Gasteiger partial charge in [0.25, 0.3) is 5.69 Å². The van der Waals surface area contributed by atoms with Crippen molar-refractivity contribution >= 4 is 22.7 Å². The van der Waals surface area contributed by atoms with Gasteiger partial charge in [-0.1, -0.05) is 12.1 Å². The van der Waals surface area contributed by atoms with E-state index in [9.17, 15) is 25.1 Å². The van der Waals surface area contributed by atoms with Crippen LogP contribution in [-0.2, 0) is 0 Å². The maximum atomic E-state index is 11.3. The Morgan fingerprint density at radius 3 is 2.75 bits per heavy atom. The zero-order chi connectivity index (χ0) is 14.9. The van der Waals surface area contributed by atoms with Crippen molar-refractivity contribution in [2.24, 2.45) is 0 Å². The van der Waals surface area contributed by atoms with Crippen molar-refractivity contribution < 1.29 is 19.9 Å². The van der Waals surface area contributed by atoms with Crippen molar-refractivity contribution in [3.63, 3.8) is 0 Å². The zero-order valence-electron chi connectivity index (χ0n) is 10.6. The number of non-ortho nitro benzene ring substituents is 1. The van der Waals surface area contributed by atoms with Gasteiger partial charge < -0.3 is 10.2 Å². The van der Waals surface area contributed by atoms with E-state index in [2.05, 4.69) is 10.3 Å². The van der Waals surface area contributed by atoms with E-state index in [1.54, 1.807) is 6.92 Å². The van der Waals surface area contributed by atoms with Crippen molar-refractivity contribution in [1.29, 1.82) is 0 Å². The Morgan fingerprint density at radius 2 is 2.25 bits per heavy atom. The van der Waals surface area contributed by atoms with E-state index in [1.807, 2.05) is 0 Å². The van der Waals surface area contributed by atoms with E-state index < -0.39 is 16.9 Å². The minimum atomic E-state index is -1.31. The fourth-order valence-electron chi connectivity index (χ4n) is 1.97. The summed E-state index contributed by atoms with van der Waals surface area (Å²) in [6.45, 7) is 1.57. The highest BCUT2D eigenvalue weighted by molar-refractivity contribution is 6.02. The second-order valence-corrected chi connectivity index (χ2v) is 4.20. The van der Waals surface area contributed by atoms with Gasteiger partial charge in [-0.15, -0.1) is 5.10 Å². The minimum Gasteiger partial charge on any atom is -0.478 e. The normalized spacial score (nSPS) is 12.5. The molecule has 2 rings (SSSR count). The zero-order valence-corrected chi connectivity index (χ0v) is 10.6. The van der Waals surface area contributed by atoms with Crippen LogP contribution in [0.25, 0.3) is 11.0 Å². The van der Waals surface area contributed by atoms with Crippen LogP contribution in [0.1, 0.15) is 29.7 Å². The number of aliphatic hydroxyl groups is 1. The predicted octanol–water partition coefficient (Wildman–Crippen LogP) is 0.981. The van der Waals surface area contributed by atoms with Gasteiger partial charge in [0.05, 0.1) is 23.1 Å². The Morgan fingerprint density at radius 1 is 1.55 bits per heavy atom. The number of nitro benzene ring substituents is 1. The van der Waals surface area contributed by atoms with Crippen molar-refractivity contribution in [3.05, 3.63) is 27.8 Å². The molecule has 9 heteroatoms. The van der Waals surface area contributed by atoms with Gasteiger partial charge in [0, 0.05) is 12.1 Å². The third kappa shape index (κ3) is 2.18. The molecule has 0 radical (unpaired) electrons. The van der Waals surface area contributed by atoms with Crippen molar-refractivity contribution in [2.75, 3.05) is 6.61 Å². The Hall–Kier alpha value is -2.55. The molecule has 0 saturated heterocycles. The molecule has 0 aliphatic rings. The number of carboxylic acid groups (broad SMARTS) is 1. The monoisotopic (exact) mass is 280 g/mol. The molecule has 0 spiro atoms. The summed E-state index contributed by atoms with van der Waals surface area (Å²) in [5, 5.41) is 36.8. The summed E-state index contributed by atoms with van der Waals surface area (Å²) in [5.74, 6) is -1.31. The third-order valence-corrected chi connectivity index (χ3v) is 3.02. The van der Waals surface area contributed by atoms with Gasteiger partial charge in [0.2, 0.25) is 0 Å². The number of aliphatic hydroxyl groups excluding tert-OH is 1. The number of carbonyl (C=O) groups is 1. The third-order valence-electron chi connectivity index (χ3n) is 3.02. The number of carboxylic acids is 1. The molecule has 1 unspecified atom stereocenters. The van der Waals surface area contributed by atoms with Crippen LogP contribution in [-0.4, -0.2) is 42.7 Å². The molecule has 1 aromatic carbocycles. The van der Waals surface area contributed by atoms with Crippen LogP contribution >= 0.6 is 0 Å². The number of nitrogens with zero attached hydrogens (tertiary/aromatic N) is 4. The maximum absolute atomic E-state index is 11.3. The number of benzene rings is 1. The van der Waals surface area contributed by atoms with E-state index in [4.69, 9.17) is 0 Å². The van der Waals surface area contributed by atoms with Crippen LogP contribution in [0.15, 0.2) is 12.1 Å². The lowest BCUT2D eigenvalue weighted by Crippen LogP contribution is -2.15. The lowest BCUT2D eigenvalue weighted by Gasteiger charge is -2.13. The number of hydrogen-bond acceptors (Lipinski definition) is 6. The van der Waals surface area contributed by atoms with Gasteiger partial charge in [-0.3, -0.25) is 10.1 Å². The van der Waals surface area contributed by atoms with Crippen molar-refractivity contribution in [1.82, 2.24) is 15.0 Å². The minimum absolute atomic E-state index is 0.114. The standard InChI is InChI=1S/C11H12N4O5/c1-2-6(5-16)14-10-8(11(17)18)3-7(15(19)20)4-9(10)12-13-14/h3-4,6,16H,2,5H2,1H3,(H,17,18). The summed E-state index contributed by atoms with van der Waals surface area (Å²) in [7, 11) is 0. The van der Waals surface area contributed by atoms with E-state index in [-0.39, 0.29) is 28.9 Å². The van der Waals surface area contributed by atoms with Gasteiger partial charge in [-0.05, 0) is 6.42 Å². The lowest BCUT2D eigenvalue weighted by atomic mass is 10.1. The first-order chi connectivity index (χ1) is 9.49. The van der Waals surface area contributed by atoms with Crippen LogP contribution in [0.5, 0.6) is 0 Å². The molecule has 1 atom stereocenters. The van der Waals surface area contributed by atoms with E-state index >= 15 is 0 Å². The Balaban J connectivity index is 2.76. The summed E-state index contributed by atoms with van der Waals surface area (Å²) in [6, 6.07) is 1.70. The number of aromatic carboxylic acids is 1. The van der Waals surface area contributed by atoms with Crippen LogP contribution in [0.4, 0.5) is 5.69 Å². The Bertz CT molecular complexity index is 677. The molecule has 2 aromatic rings. The van der Waals surface area contributed by atoms with Crippen molar-refractivity contribution in [3.8, 4) is 0 Å². The smallest absolute Gasteiger partial charge is 0.338 e. The number of fused-ring (bicyclic) bond motifs is 1. The van der Waals surface area contributed by atoms with Gasteiger partial charge >= 0.3 is 5.97 Å². The molecular formula is C11H12N4O5. The Labute approximate surface area is 112 Å². The summed E-state index contributed by atoms with van der Waals surface area (Å²) >= 11 is 0. The highest BCUT2D eigenvalue weighted by Crippen LogP contribution is 2.26. The first-order valence-corrected chi connectivity index (χ1v) is 5.87. The second kappa shape index (κ2) is 5.21. The lowest BCUT2D eigenvalue weighted by molar-refractivity contribution is -0.384. The molecule has 9 nitrogen and oxygen atoms in total. The average molecular weight is 280 g/mol. The highest BCUT2D eigenvalue weighted by atomic mass is 16.6. The summed E-state index contributed by atoms with van der Waals surface area (Å²) in [4.78, 5) is 21.4. The van der Waals surface area contributed by atoms with Gasteiger partial charge in [-0.25, -0.2) is 9.48 Å². The number of aromatic nitrogens is 3.